The van der Waals surface area contributed by atoms with Gasteiger partial charge in [0, 0.05) is 20.3 Å². The fraction of sp³-hybridized carbons (Fsp3) is 0.188. The summed E-state index contributed by atoms with van der Waals surface area (Å²) in [5, 5.41) is 0. The van der Waals surface area contributed by atoms with E-state index in [0.717, 1.165) is 25.2 Å². The first-order valence-corrected chi connectivity index (χ1v) is 8.88. The highest BCUT2D eigenvalue weighted by atomic mass is 79.9. The number of carbonyl (C=O) groups excluding carboxylic acids is 1. The molecule has 5 heteroatoms. The third-order valence-electron chi connectivity index (χ3n) is 2.87. The van der Waals surface area contributed by atoms with Crippen LogP contribution in [-0.4, -0.2) is 18.6 Å². The molecule has 2 aromatic rings. The lowest BCUT2D eigenvalue weighted by molar-refractivity contribution is -0.116. The van der Waals surface area contributed by atoms with Crippen LogP contribution in [-0.2, 0) is 11.2 Å². The number of thioether (sulfide) groups is 1. The van der Waals surface area contributed by atoms with Gasteiger partial charge in [0.05, 0.1) is 12.9 Å². The van der Waals surface area contributed by atoms with E-state index in [1.165, 1.54) is 0 Å². The van der Waals surface area contributed by atoms with Crippen LogP contribution in [0.5, 0.6) is 5.75 Å². The van der Waals surface area contributed by atoms with E-state index in [0.29, 0.717) is 12.2 Å². The van der Waals surface area contributed by atoms with Crippen LogP contribution < -0.4 is 4.74 Å². The zero-order chi connectivity index (χ0) is 15.2. The van der Waals surface area contributed by atoms with Crippen molar-refractivity contribution in [2.75, 3.05) is 12.9 Å². The molecule has 2 rings (SSSR count). The number of carbonyl (C=O) groups is 1. The lowest BCUT2D eigenvalue weighted by atomic mass is 10.1. The van der Waals surface area contributed by atoms with Gasteiger partial charge in [0.25, 0.3) is 0 Å². The van der Waals surface area contributed by atoms with Crippen molar-refractivity contribution in [2.24, 2.45) is 0 Å². The maximum Gasteiger partial charge on any atom is 0.147 e. The lowest BCUT2D eigenvalue weighted by Gasteiger charge is -2.07. The third kappa shape index (κ3) is 4.87. The molecular weight excluding hydrogens is 416 g/mol. The second-order valence-corrected chi connectivity index (χ2v) is 7.12. The molecule has 110 valence electrons. The summed E-state index contributed by atoms with van der Waals surface area (Å²) in [5.74, 6) is 1.40. The predicted octanol–water partition coefficient (Wildman–Crippen LogP) is 5.12. The summed E-state index contributed by atoms with van der Waals surface area (Å²) < 4.78 is 7.14. The number of halogens is 2. The smallest absolute Gasteiger partial charge is 0.147 e. The number of hydrogen-bond donors (Lipinski definition) is 0. The van der Waals surface area contributed by atoms with Crippen LogP contribution in [0, 0.1) is 0 Å². The molecule has 0 aliphatic rings. The Kier molecular flexibility index (Phi) is 6.33. The van der Waals surface area contributed by atoms with Crippen LogP contribution >= 0.6 is 43.6 Å². The van der Waals surface area contributed by atoms with Crippen LogP contribution in [0.4, 0.5) is 0 Å². The highest BCUT2D eigenvalue weighted by Crippen LogP contribution is 2.28. The number of benzene rings is 2. The van der Waals surface area contributed by atoms with Crippen molar-refractivity contribution >= 4 is 49.4 Å². The Bertz CT molecular complexity index is 644. The van der Waals surface area contributed by atoms with Gasteiger partial charge in [0.1, 0.15) is 11.5 Å². The molecule has 0 atom stereocenters. The summed E-state index contributed by atoms with van der Waals surface area (Å²) in [4.78, 5) is 13.2. The number of rotatable bonds is 6. The average Bonchev–Trinajstić information content (AvgIpc) is 2.48. The molecule has 0 aliphatic heterocycles. The Balaban J connectivity index is 1.97. The van der Waals surface area contributed by atoms with Crippen LogP contribution in [0.15, 0.2) is 56.3 Å². The first kappa shape index (κ1) is 16.6. The van der Waals surface area contributed by atoms with Crippen molar-refractivity contribution in [2.45, 2.75) is 11.3 Å². The first-order chi connectivity index (χ1) is 10.1. The van der Waals surface area contributed by atoms with E-state index >= 15 is 0 Å². The molecule has 0 saturated carbocycles. The van der Waals surface area contributed by atoms with E-state index in [1.54, 1.807) is 18.9 Å². The summed E-state index contributed by atoms with van der Waals surface area (Å²) in [6.45, 7) is 0. The summed E-state index contributed by atoms with van der Waals surface area (Å²) in [5.41, 5.74) is 0.951. The predicted molar refractivity (Wildman–Crippen MR) is 94.3 cm³/mol. The van der Waals surface area contributed by atoms with Gasteiger partial charge >= 0.3 is 0 Å². The van der Waals surface area contributed by atoms with Crippen LogP contribution in [0.3, 0.4) is 0 Å². The average molecular weight is 430 g/mol. The molecule has 0 aromatic heterocycles. The maximum atomic E-state index is 12.2. The zero-order valence-electron chi connectivity index (χ0n) is 11.4. The Morgan fingerprint density at radius 2 is 1.90 bits per heavy atom. The summed E-state index contributed by atoms with van der Waals surface area (Å²) in [6.07, 6.45) is 0.398. The van der Waals surface area contributed by atoms with Crippen molar-refractivity contribution < 1.29 is 9.53 Å². The molecule has 2 nitrogen and oxygen atoms in total. The normalized spacial score (nSPS) is 10.4. The van der Waals surface area contributed by atoms with E-state index < -0.39 is 0 Å². The summed E-state index contributed by atoms with van der Waals surface area (Å²) in [6, 6.07) is 13.6. The number of Topliss-reactive ketones (excluding diaryl/α,β-unsaturated/α-hetero) is 1. The van der Waals surface area contributed by atoms with Crippen LogP contribution in [0.2, 0.25) is 0 Å². The molecule has 0 aliphatic carbocycles. The molecule has 0 bridgehead atoms. The van der Waals surface area contributed by atoms with Crippen LogP contribution in [0.25, 0.3) is 0 Å². The number of methoxy groups -OCH3 is 1. The molecule has 2 aromatic carbocycles. The Morgan fingerprint density at radius 1 is 1.14 bits per heavy atom. The molecule has 0 amide bonds. The van der Waals surface area contributed by atoms with Crippen molar-refractivity contribution in [3.63, 3.8) is 0 Å². The largest absolute Gasteiger partial charge is 0.497 e. The minimum atomic E-state index is 0.185. The topological polar surface area (TPSA) is 26.3 Å². The van der Waals surface area contributed by atoms with Gasteiger partial charge in [0.2, 0.25) is 0 Å². The molecule has 0 saturated heterocycles. The zero-order valence-corrected chi connectivity index (χ0v) is 15.4. The summed E-state index contributed by atoms with van der Waals surface area (Å²) >= 11 is 8.51. The van der Waals surface area contributed by atoms with Gasteiger partial charge in [-0.25, -0.2) is 0 Å². The quantitative estimate of drug-likeness (QED) is 0.595. The van der Waals surface area contributed by atoms with E-state index in [2.05, 4.69) is 31.9 Å². The molecule has 0 heterocycles. The van der Waals surface area contributed by atoms with Gasteiger partial charge in [0.15, 0.2) is 0 Å². The number of ketones is 1. The van der Waals surface area contributed by atoms with E-state index in [9.17, 15) is 4.79 Å². The molecule has 0 fully saturated rings. The van der Waals surface area contributed by atoms with E-state index in [4.69, 9.17) is 4.74 Å². The van der Waals surface area contributed by atoms with Gasteiger partial charge in [-0.1, -0.05) is 28.1 Å². The lowest BCUT2D eigenvalue weighted by Crippen LogP contribution is -2.06. The summed E-state index contributed by atoms with van der Waals surface area (Å²) in [7, 11) is 1.62. The minimum absolute atomic E-state index is 0.185. The first-order valence-electron chi connectivity index (χ1n) is 6.31. The second kappa shape index (κ2) is 8.01. The molecular formula is C16H14Br2O2S. The van der Waals surface area contributed by atoms with E-state index in [1.807, 2.05) is 42.5 Å². The highest BCUT2D eigenvalue weighted by molar-refractivity contribution is 9.10. The van der Waals surface area contributed by atoms with Crippen molar-refractivity contribution in [1.29, 1.82) is 0 Å². The van der Waals surface area contributed by atoms with Gasteiger partial charge < -0.3 is 4.74 Å². The number of ether oxygens (including phenoxy) is 1. The molecule has 0 N–H and O–H groups in total. The Hall–Kier alpha value is -0.780. The standard InChI is InChI=1S/C16H14Br2O2S/c1-20-13-6-7-14(17)11(9-13)8-12(19)10-21-16-5-3-2-4-15(16)18/h2-7,9H,8,10H2,1H3. The fourth-order valence-electron chi connectivity index (χ4n) is 1.80. The van der Waals surface area contributed by atoms with Gasteiger partial charge in [-0.15, -0.1) is 11.8 Å². The Labute approximate surface area is 145 Å². The SMILES string of the molecule is COc1ccc(Br)c(CC(=O)CSc2ccccc2Br)c1. The molecule has 0 spiro atoms. The van der Waals surface area contributed by atoms with Gasteiger partial charge in [-0.05, 0) is 51.8 Å². The third-order valence-corrected chi connectivity index (χ3v) is 5.73. The Morgan fingerprint density at radius 3 is 2.62 bits per heavy atom. The fourth-order valence-corrected chi connectivity index (χ4v) is 3.61. The van der Waals surface area contributed by atoms with Crippen LogP contribution in [0.1, 0.15) is 5.56 Å². The van der Waals surface area contributed by atoms with E-state index in [-0.39, 0.29) is 5.78 Å². The van der Waals surface area contributed by atoms with Gasteiger partial charge in [-0.3, -0.25) is 4.79 Å². The minimum Gasteiger partial charge on any atom is -0.497 e. The second-order valence-electron chi connectivity index (χ2n) is 4.39. The monoisotopic (exact) mass is 428 g/mol. The van der Waals surface area contributed by atoms with Crippen molar-refractivity contribution in [1.82, 2.24) is 0 Å². The molecule has 21 heavy (non-hydrogen) atoms. The maximum absolute atomic E-state index is 12.2. The van der Waals surface area contributed by atoms with Crippen molar-refractivity contribution in [3.05, 3.63) is 57.0 Å². The van der Waals surface area contributed by atoms with Gasteiger partial charge in [-0.2, -0.15) is 0 Å². The van der Waals surface area contributed by atoms with Crippen molar-refractivity contribution in [3.8, 4) is 5.75 Å². The highest BCUT2D eigenvalue weighted by Gasteiger charge is 2.10. The number of hydrogen-bond acceptors (Lipinski definition) is 3. The molecule has 0 radical (unpaired) electrons. The molecule has 0 unspecified atom stereocenters.